The molecule has 5 nitrogen and oxygen atoms in total. The minimum atomic E-state index is -3.51. The van der Waals surface area contributed by atoms with E-state index in [2.05, 4.69) is 17.0 Å². The second kappa shape index (κ2) is 8.44. The summed E-state index contributed by atoms with van der Waals surface area (Å²) in [5.74, 6) is 1.86. The lowest BCUT2D eigenvalue weighted by molar-refractivity contribution is 0.0730. The van der Waals surface area contributed by atoms with Gasteiger partial charge in [0.2, 0.25) is 10.0 Å². The van der Waals surface area contributed by atoms with E-state index >= 15 is 0 Å². The molecular formula is C24H36N2O3S. The molecule has 6 heteroatoms. The normalized spacial score (nSPS) is 34.8. The summed E-state index contributed by atoms with van der Waals surface area (Å²) in [6, 6.07) is 6.13. The summed E-state index contributed by atoms with van der Waals surface area (Å²) in [5.41, 5.74) is 2.10. The van der Waals surface area contributed by atoms with Gasteiger partial charge in [-0.1, -0.05) is 26.2 Å². The Morgan fingerprint density at radius 3 is 2.53 bits per heavy atom. The molecule has 2 aliphatic heterocycles. The predicted molar refractivity (Wildman–Crippen MR) is 119 cm³/mol. The summed E-state index contributed by atoms with van der Waals surface area (Å²) in [6.07, 6.45) is 11.8. The molecule has 3 fully saturated rings. The largest absolute Gasteiger partial charge is 0.381 e. The first-order valence-corrected chi connectivity index (χ1v) is 13.5. The van der Waals surface area contributed by atoms with Crippen LogP contribution in [0.5, 0.6) is 0 Å². The van der Waals surface area contributed by atoms with Crippen LogP contribution in [0.2, 0.25) is 0 Å². The molecule has 3 atom stereocenters. The molecule has 0 radical (unpaired) electrons. The lowest BCUT2D eigenvalue weighted by atomic mass is 9.73. The van der Waals surface area contributed by atoms with Gasteiger partial charge in [-0.2, -0.15) is 0 Å². The van der Waals surface area contributed by atoms with Crippen LogP contribution >= 0.6 is 0 Å². The number of sulfonamides is 1. The van der Waals surface area contributed by atoms with Crippen molar-refractivity contribution in [2.75, 3.05) is 11.9 Å². The monoisotopic (exact) mass is 432 g/mol. The third-order valence-corrected chi connectivity index (χ3v) is 9.57. The molecule has 4 aliphatic rings. The van der Waals surface area contributed by atoms with Crippen LogP contribution in [-0.4, -0.2) is 27.1 Å². The van der Waals surface area contributed by atoms with Gasteiger partial charge in [-0.3, -0.25) is 0 Å². The van der Waals surface area contributed by atoms with Crippen LogP contribution in [-0.2, 0) is 14.8 Å². The Morgan fingerprint density at radius 2 is 1.77 bits per heavy atom. The van der Waals surface area contributed by atoms with E-state index in [9.17, 15) is 8.42 Å². The van der Waals surface area contributed by atoms with Gasteiger partial charge in [-0.25, -0.2) is 13.1 Å². The first-order chi connectivity index (χ1) is 14.5. The van der Waals surface area contributed by atoms with Crippen LogP contribution in [0.25, 0.3) is 0 Å². The Kier molecular flexibility index (Phi) is 5.84. The van der Waals surface area contributed by atoms with Crippen molar-refractivity contribution in [1.29, 1.82) is 0 Å². The van der Waals surface area contributed by atoms with E-state index in [0.29, 0.717) is 28.7 Å². The number of rotatable bonds is 4. The third-order valence-electron chi connectivity index (χ3n) is 8.06. The Morgan fingerprint density at radius 1 is 1.00 bits per heavy atom. The first kappa shape index (κ1) is 20.8. The van der Waals surface area contributed by atoms with Gasteiger partial charge in [0, 0.05) is 35.9 Å². The van der Waals surface area contributed by atoms with E-state index in [0.717, 1.165) is 50.0 Å². The summed E-state index contributed by atoms with van der Waals surface area (Å²) in [5, 5.41) is 3.81. The average Bonchev–Trinajstić information content (AvgIpc) is 3.25. The summed E-state index contributed by atoms with van der Waals surface area (Å²) < 4.78 is 35.3. The molecule has 0 bridgehead atoms. The Labute approximate surface area is 181 Å². The van der Waals surface area contributed by atoms with Crippen molar-refractivity contribution in [2.45, 2.75) is 94.2 Å². The number of ether oxygens (including phenoxy) is 1. The smallest absolute Gasteiger partial charge is 0.240 e. The molecule has 1 aromatic carbocycles. The van der Waals surface area contributed by atoms with Gasteiger partial charge >= 0.3 is 0 Å². The molecule has 3 unspecified atom stereocenters. The minimum absolute atomic E-state index is 0.0267. The molecule has 30 heavy (non-hydrogen) atoms. The van der Waals surface area contributed by atoms with Gasteiger partial charge < -0.3 is 10.1 Å². The summed E-state index contributed by atoms with van der Waals surface area (Å²) in [6.45, 7) is 3.02. The van der Waals surface area contributed by atoms with E-state index in [1.54, 1.807) is 6.07 Å². The van der Waals surface area contributed by atoms with Crippen molar-refractivity contribution < 1.29 is 13.2 Å². The van der Waals surface area contributed by atoms with Crippen LogP contribution in [0.3, 0.4) is 0 Å². The molecule has 2 N–H and O–H groups in total. The maximum atomic E-state index is 13.1. The van der Waals surface area contributed by atoms with E-state index in [4.69, 9.17) is 4.74 Å². The highest BCUT2D eigenvalue weighted by Gasteiger charge is 2.44. The molecule has 0 amide bonds. The number of anilines is 1. The number of hydrogen-bond acceptors (Lipinski definition) is 4. The van der Waals surface area contributed by atoms with Crippen LogP contribution in [0.15, 0.2) is 23.1 Å². The SMILES string of the molecule is CC1CCC(NS(=O)(=O)c2ccc3c(c2)C2OCCC2C(C2CCCCC2)N3)CC1. The van der Waals surface area contributed by atoms with E-state index in [1.165, 1.54) is 32.1 Å². The summed E-state index contributed by atoms with van der Waals surface area (Å²) in [7, 11) is -3.51. The van der Waals surface area contributed by atoms with Crippen molar-refractivity contribution in [1.82, 2.24) is 4.72 Å². The molecule has 5 rings (SSSR count). The van der Waals surface area contributed by atoms with Crippen LogP contribution in [0.4, 0.5) is 5.69 Å². The molecule has 2 aliphatic carbocycles. The van der Waals surface area contributed by atoms with E-state index in [-0.39, 0.29) is 12.1 Å². The zero-order valence-corrected chi connectivity index (χ0v) is 18.9. The first-order valence-electron chi connectivity index (χ1n) is 12.1. The van der Waals surface area contributed by atoms with Gasteiger partial charge in [0.15, 0.2) is 0 Å². The van der Waals surface area contributed by atoms with Gasteiger partial charge in [0.25, 0.3) is 0 Å². The molecule has 0 spiro atoms. The summed E-state index contributed by atoms with van der Waals surface area (Å²) in [4.78, 5) is 0.382. The fraction of sp³-hybridized carbons (Fsp3) is 0.750. The second-order valence-electron chi connectivity index (χ2n) is 10.1. The van der Waals surface area contributed by atoms with Crippen molar-refractivity contribution in [3.8, 4) is 0 Å². The molecular weight excluding hydrogens is 396 g/mol. The summed E-state index contributed by atoms with van der Waals surface area (Å²) >= 11 is 0. The van der Waals surface area contributed by atoms with Crippen LogP contribution < -0.4 is 10.0 Å². The zero-order chi connectivity index (χ0) is 20.7. The molecule has 2 heterocycles. The molecule has 0 aromatic heterocycles. The van der Waals surface area contributed by atoms with Crippen LogP contribution in [0.1, 0.15) is 82.8 Å². The second-order valence-corrected chi connectivity index (χ2v) is 11.9. The molecule has 1 aromatic rings. The topological polar surface area (TPSA) is 67.4 Å². The number of nitrogens with one attached hydrogen (secondary N) is 2. The quantitative estimate of drug-likeness (QED) is 0.703. The molecule has 1 saturated heterocycles. The number of hydrogen-bond donors (Lipinski definition) is 2. The fourth-order valence-electron chi connectivity index (χ4n) is 6.28. The highest BCUT2D eigenvalue weighted by atomic mass is 32.2. The van der Waals surface area contributed by atoms with Gasteiger partial charge in [-0.15, -0.1) is 0 Å². The number of benzene rings is 1. The minimum Gasteiger partial charge on any atom is -0.381 e. The molecule has 166 valence electrons. The van der Waals surface area contributed by atoms with E-state index in [1.807, 2.05) is 12.1 Å². The lowest BCUT2D eigenvalue weighted by Gasteiger charge is -2.42. The van der Waals surface area contributed by atoms with Crippen molar-refractivity contribution >= 4 is 15.7 Å². The number of fused-ring (bicyclic) bond motifs is 3. The fourth-order valence-corrected chi connectivity index (χ4v) is 7.62. The van der Waals surface area contributed by atoms with Gasteiger partial charge in [0.1, 0.15) is 0 Å². The van der Waals surface area contributed by atoms with Crippen molar-refractivity contribution in [2.24, 2.45) is 17.8 Å². The third kappa shape index (κ3) is 4.03. The highest BCUT2D eigenvalue weighted by molar-refractivity contribution is 7.89. The van der Waals surface area contributed by atoms with Gasteiger partial charge in [0.05, 0.1) is 11.0 Å². The van der Waals surface area contributed by atoms with Gasteiger partial charge in [-0.05, 0) is 75.0 Å². The average molecular weight is 433 g/mol. The Hall–Kier alpha value is -1.11. The van der Waals surface area contributed by atoms with Crippen molar-refractivity contribution in [3.63, 3.8) is 0 Å². The van der Waals surface area contributed by atoms with Crippen LogP contribution in [0, 0.1) is 17.8 Å². The predicted octanol–water partition coefficient (Wildman–Crippen LogP) is 5.00. The van der Waals surface area contributed by atoms with Crippen molar-refractivity contribution in [3.05, 3.63) is 23.8 Å². The van der Waals surface area contributed by atoms with E-state index < -0.39 is 10.0 Å². The lowest BCUT2D eigenvalue weighted by Crippen LogP contribution is -2.42. The standard InChI is InChI=1S/C24H36N2O3S/c1-16-7-9-18(10-8-16)26-30(27,28)19-11-12-22-21(15-19)24-20(13-14-29-24)23(25-22)17-5-3-2-4-6-17/h11-12,15-18,20,23-26H,2-10,13-14H2,1H3. The maximum absolute atomic E-state index is 13.1. The Bertz CT molecular complexity index is 857. The highest BCUT2D eigenvalue weighted by Crippen LogP contribution is 2.48. The zero-order valence-electron chi connectivity index (χ0n) is 18.1. The Balaban J connectivity index is 1.38. The maximum Gasteiger partial charge on any atom is 0.240 e. The molecule has 2 saturated carbocycles.